The molecule has 3 rings (SSSR count). The van der Waals surface area contributed by atoms with Crippen LogP contribution in [0.15, 0.2) is 16.3 Å². The topological polar surface area (TPSA) is 151 Å². The molecule has 2 aliphatic rings. The Labute approximate surface area is 220 Å². The Morgan fingerprint density at radius 2 is 1.92 bits per heavy atom. The highest BCUT2D eigenvalue weighted by atomic mass is 16.6. The number of aliphatic hydroxyl groups is 2. The minimum Gasteiger partial charge on any atom is -0.447 e. The van der Waals surface area contributed by atoms with Crippen LogP contribution in [0.5, 0.6) is 0 Å². The lowest BCUT2D eigenvalue weighted by Gasteiger charge is -2.35. The number of nitrogens with one attached hydrogen (secondary N) is 1. The molecule has 9 heteroatoms. The summed E-state index contributed by atoms with van der Waals surface area (Å²) in [7, 11) is 0. The number of aliphatic hydroxyl groups excluding tert-OH is 2. The Hall–Kier alpha value is -2.07. The van der Waals surface area contributed by atoms with Crippen molar-refractivity contribution in [1.29, 1.82) is 0 Å². The van der Waals surface area contributed by atoms with Crippen molar-refractivity contribution < 1.29 is 29.0 Å². The number of carbonyl (C=O) groups excluding carboxylic acids is 2. The fraction of sp³-hybridized carbons (Fsp3) is 0.750. The highest BCUT2D eigenvalue weighted by molar-refractivity contribution is 5.88. The van der Waals surface area contributed by atoms with Crippen molar-refractivity contribution in [3.63, 3.8) is 0 Å². The quantitative estimate of drug-likeness (QED) is 0.445. The molecule has 2 aliphatic heterocycles. The van der Waals surface area contributed by atoms with Gasteiger partial charge >= 0.3 is 0 Å². The number of hydrogen-bond donors (Lipinski definition) is 4. The fourth-order valence-corrected chi connectivity index (χ4v) is 5.77. The lowest BCUT2D eigenvalue weighted by atomic mass is 9.72. The smallest absolute Gasteiger partial charge is 0.223 e. The van der Waals surface area contributed by atoms with Crippen molar-refractivity contribution in [2.45, 2.75) is 111 Å². The molecule has 2 fully saturated rings. The molecule has 0 radical (unpaired) electrons. The van der Waals surface area contributed by atoms with Gasteiger partial charge in [0, 0.05) is 11.8 Å². The molecule has 0 saturated carbocycles. The van der Waals surface area contributed by atoms with Crippen LogP contribution in [0.2, 0.25) is 0 Å². The number of carbonyl (C=O) groups is 2. The second-order valence-electron chi connectivity index (χ2n) is 12.0. The number of fused-ring (bicyclic) bond motifs is 1. The molecule has 0 aliphatic carbocycles. The van der Waals surface area contributed by atoms with E-state index in [0.717, 1.165) is 24.8 Å². The van der Waals surface area contributed by atoms with Gasteiger partial charge in [-0.05, 0) is 44.3 Å². The molecular weight excluding hydrogens is 474 g/mol. The van der Waals surface area contributed by atoms with Gasteiger partial charge in [-0.2, -0.15) is 0 Å². The second-order valence-corrected chi connectivity index (χ2v) is 12.0. The molecule has 1 amide bonds. The van der Waals surface area contributed by atoms with Crippen molar-refractivity contribution in [2.75, 3.05) is 0 Å². The van der Waals surface area contributed by atoms with E-state index in [1.807, 2.05) is 26.8 Å². The monoisotopic (exact) mass is 519 g/mol. The van der Waals surface area contributed by atoms with Crippen LogP contribution in [0.1, 0.15) is 85.7 Å². The zero-order chi connectivity index (χ0) is 27.7. The molecule has 1 aromatic heterocycles. The van der Waals surface area contributed by atoms with E-state index in [4.69, 9.17) is 14.9 Å². The minimum atomic E-state index is -1.21. The maximum atomic E-state index is 13.3. The summed E-state index contributed by atoms with van der Waals surface area (Å²) in [6, 6.07) is -0.379. The largest absolute Gasteiger partial charge is 0.447 e. The van der Waals surface area contributed by atoms with E-state index in [2.05, 4.69) is 17.2 Å². The number of aromatic nitrogens is 1. The predicted molar refractivity (Wildman–Crippen MR) is 140 cm³/mol. The normalized spacial score (nSPS) is 38.1. The van der Waals surface area contributed by atoms with E-state index in [-0.39, 0.29) is 54.2 Å². The van der Waals surface area contributed by atoms with Gasteiger partial charge in [0.1, 0.15) is 17.7 Å². The third-order valence-electron chi connectivity index (χ3n) is 8.56. The van der Waals surface area contributed by atoms with Gasteiger partial charge in [0.05, 0.1) is 48.3 Å². The number of rotatable bonds is 3. The molecule has 37 heavy (non-hydrogen) atoms. The van der Waals surface area contributed by atoms with Crippen LogP contribution in [-0.4, -0.2) is 56.8 Å². The van der Waals surface area contributed by atoms with Crippen LogP contribution >= 0.6 is 0 Å². The molecule has 2 saturated heterocycles. The van der Waals surface area contributed by atoms with Crippen LogP contribution in [0.3, 0.4) is 0 Å². The van der Waals surface area contributed by atoms with E-state index in [1.165, 1.54) is 6.26 Å². The molecule has 0 unspecified atom stereocenters. The van der Waals surface area contributed by atoms with Gasteiger partial charge in [-0.1, -0.05) is 41.0 Å². The Kier molecular flexibility index (Phi) is 9.05. The minimum absolute atomic E-state index is 0.0613. The van der Waals surface area contributed by atoms with Gasteiger partial charge in [0.2, 0.25) is 11.8 Å². The Bertz CT molecular complexity index is 1000. The SMILES string of the molecule is C/C(=C\c1coc(CN)n1)[C@H]1NC(=O)C[C@H](O)C(C)(C)C(=O)[C@H](C)[C@@H](O)[C@@H](C)CCC[C@@]2(C)O[C@H]2[C@@H]1C. The first-order chi connectivity index (χ1) is 17.2. The molecule has 208 valence electrons. The van der Waals surface area contributed by atoms with Crippen molar-refractivity contribution in [2.24, 2.45) is 28.9 Å². The zero-order valence-corrected chi connectivity index (χ0v) is 23.3. The summed E-state index contributed by atoms with van der Waals surface area (Å²) in [6.45, 7) is 13.2. The number of hydrogen-bond acceptors (Lipinski definition) is 8. The van der Waals surface area contributed by atoms with Crippen molar-refractivity contribution >= 4 is 17.8 Å². The Morgan fingerprint density at radius 3 is 2.54 bits per heavy atom. The molecule has 5 N–H and O–H groups in total. The van der Waals surface area contributed by atoms with Crippen LogP contribution in [0.25, 0.3) is 6.08 Å². The van der Waals surface area contributed by atoms with Gasteiger partial charge in [0.15, 0.2) is 0 Å². The third kappa shape index (κ3) is 6.50. The molecule has 8 atom stereocenters. The summed E-state index contributed by atoms with van der Waals surface area (Å²) in [4.78, 5) is 30.8. The van der Waals surface area contributed by atoms with Gasteiger partial charge in [0.25, 0.3) is 0 Å². The fourth-order valence-electron chi connectivity index (χ4n) is 5.77. The number of Topliss-reactive ketones (excluding diaryl/α,β-unsaturated/α-hetero) is 1. The lowest BCUT2D eigenvalue weighted by molar-refractivity contribution is -0.143. The van der Waals surface area contributed by atoms with Gasteiger partial charge in [-0.25, -0.2) is 4.98 Å². The van der Waals surface area contributed by atoms with Gasteiger partial charge in [-0.15, -0.1) is 0 Å². The number of ether oxygens (including phenoxy) is 1. The number of epoxide rings is 1. The number of oxazole rings is 1. The highest BCUT2D eigenvalue weighted by Gasteiger charge is 2.56. The summed E-state index contributed by atoms with van der Waals surface area (Å²) in [6.07, 6.45) is 3.48. The number of amides is 1. The van der Waals surface area contributed by atoms with Crippen molar-refractivity contribution in [3.8, 4) is 0 Å². The van der Waals surface area contributed by atoms with Crippen LogP contribution in [0.4, 0.5) is 0 Å². The van der Waals surface area contributed by atoms with Gasteiger partial charge in [-0.3, -0.25) is 9.59 Å². The summed E-state index contributed by atoms with van der Waals surface area (Å²) in [5, 5.41) is 24.9. The molecule has 9 nitrogen and oxygen atoms in total. The molecule has 0 aromatic carbocycles. The molecule has 0 spiro atoms. The Balaban J connectivity index is 1.91. The van der Waals surface area contributed by atoms with Crippen LogP contribution < -0.4 is 11.1 Å². The first-order valence-electron chi connectivity index (χ1n) is 13.4. The first kappa shape index (κ1) is 29.5. The van der Waals surface area contributed by atoms with Crippen LogP contribution in [-0.2, 0) is 20.9 Å². The highest BCUT2D eigenvalue weighted by Crippen LogP contribution is 2.47. The van der Waals surface area contributed by atoms with E-state index in [1.54, 1.807) is 20.8 Å². The number of ketones is 1. The molecule has 0 bridgehead atoms. The van der Waals surface area contributed by atoms with E-state index in [9.17, 15) is 19.8 Å². The first-order valence-corrected chi connectivity index (χ1v) is 13.4. The van der Waals surface area contributed by atoms with E-state index in [0.29, 0.717) is 11.6 Å². The third-order valence-corrected chi connectivity index (χ3v) is 8.56. The summed E-state index contributed by atoms with van der Waals surface area (Å²) in [5.41, 5.74) is 5.57. The van der Waals surface area contributed by atoms with Crippen molar-refractivity contribution in [3.05, 3.63) is 23.4 Å². The molecule has 3 heterocycles. The molecular formula is C28H45N3O6. The number of nitrogens with zero attached hydrogens (tertiary/aromatic N) is 1. The van der Waals surface area contributed by atoms with Crippen molar-refractivity contribution in [1.82, 2.24) is 10.3 Å². The average molecular weight is 520 g/mol. The average Bonchev–Trinajstić information content (AvgIpc) is 3.30. The summed E-state index contributed by atoms with van der Waals surface area (Å²) < 4.78 is 11.5. The molecule has 1 aromatic rings. The Morgan fingerprint density at radius 1 is 1.24 bits per heavy atom. The maximum Gasteiger partial charge on any atom is 0.223 e. The number of nitrogens with two attached hydrogens (primary N) is 1. The lowest BCUT2D eigenvalue weighted by Crippen LogP contribution is -2.48. The van der Waals surface area contributed by atoms with Gasteiger partial charge < -0.3 is 30.4 Å². The standard InChI is InChI=1S/C28H45N3O6/c1-15-9-8-10-28(7)26(37-28)17(3)23(16(2)11-19-14-36-22(13-29)30-19)31-21(33)12-20(32)27(5,6)25(35)18(4)24(15)34/h11,14-15,17-18,20,23-24,26,32,34H,8-10,12-13,29H2,1-7H3,(H,31,33)/b16-11+/t15-,17+,18+,20-,23+,24-,26-,28+/m0/s1. The predicted octanol–water partition coefficient (Wildman–Crippen LogP) is 2.98. The zero-order valence-electron chi connectivity index (χ0n) is 23.3. The summed E-state index contributed by atoms with van der Waals surface area (Å²) >= 11 is 0. The van der Waals surface area contributed by atoms with E-state index < -0.39 is 23.5 Å². The second kappa shape index (κ2) is 11.4. The van der Waals surface area contributed by atoms with Crippen LogP contribution in [0, 0.1) is 23.2 Å². The van der Waals surface area contributed by atoms with E-state index >= 15 is 0 Å². The maximum absolute atomic E-state index is 13.3. The summed E-state index contributed by atoms with van der Waals surface area (Å²) in [5.74, 6) is -0.990.